The summed E-state index contributed by atoms with van der Waals surface area (Å²) in [6.45, 7) is 4.57. The normalized spacial score (nSPS) is 10.5. The molecule has 6 heteroatoms. The molecular formula is C13H16ClN5. The highest BCUT2D eigenvalue weighted by molar-refractivity contribution is 6.30. The summed E-state index contributed by atoms with van der Waals surface area (Å²) in [4.78, 5) is 16.7. The van der Waals surface area contributed by atoms with Crippen LogP contribution < -0.4 is 5.32 Å². The molecule has 100 valence electrons. The van der Waals surface area contributed by atoms with Gasteiger partial charge in [0.25, 0.3) is 0 Å². The van der Waals surface area contributed by atoms with Gasteiger partial charge in [0.05, 0.1) is 24.1 Å². The number of anilines is 1. The Balaban J connectivity index is 2.10. The number of hydrogen-bond acceptors (Lipinski definition) is 5. The van der Waals surface area contributed by atoms with Gasteiger partial charge in [-0.1, -0.05) is 24.9 Å². The first-order valence-corrected chi connectivity index (χ1v) is 6.59. The average Bonchev–Trinajstić information content (AvgIpc) is 2.41. The van der Waals surface area contributed by atoms with Crippen LogP contribution in [0.5, 0.6) is 0 Å². The Morgan fingerprint density at radius 3 is 2.68 bits per heavy atom. The molecular weight excluding hydrogens is 262 g/mol. The van der Waals surface area contributed by atoms with Crippen molar-refractivity contribution in [2.75, 3.05) is 5.32 Å². The number of aromatic nitrogens is 4. The van der Waals surface area contributed by atoms with Gasteiger partial charge < -0.3 is 5.32 Å². The topological polar surface area (TPSA) is 63.6 Å². The number of aryl methyl sites for hydroxylation is 1. The van der Waals surface area contributed by atoms with Crippen LogP contribution in [0.3, 0.4) is 0 Å². The van der Waals surface area contributed by atoms with Crippen LogP contribution in [0.2, 0.25) is 5.15 Å². The van der Waals surface area contributed by atoms with Gasteiger partial charge in [-0.25, -0.2) is 9.97 Å². The lowest BCUT2D eigenvalue weighted by atomic mass is 10.2. The van der Waals surface area contributed by atoms with Crippen LogP contribution in [-0.4, -0.2) is 19.9 Å². The van der Waals surface area contributed by atoms with Crippen LogP contribution in [0.25, 0.3) is 0 Å². The molecule has 2 heterocycles. The van der Waals surface area contributed by atoms with Crippen molar-refractivity contribution < 1.29 is 0 Å². The average molecular weight is 278 g/mol. The van der Waals surface area contributed by atoms with E-state index in [1.807, 2.05) is 6.92 Å². The summed E-state index contributed by atoms with van der Waals surface area (Å²) < 4.78 is 0. The molecule has 1 N–H and O–H groups in total. The Bertz CT molecular complexity index is 541. The largest absolute Gasteiger partial charge is 0.364 e. The van der Waals surface area contributed by atoms with E-state index in [0.717, 1.165) is 35.6 Å². The third-order valence-electron chi connectivity index (χ3n) is 2.66. The summed E-state index contributed by atoms with van der Waals surface area (Å²) in [6.07, 6.45) is 6.81. The van der Waals surface area contributed by atoms with E-state index in [-0.39, 0.29) is 0 Å². The molecule has 2 aromatic rings. The van der Waals surface area contributed by atoms with Gasteiger partial charge >= 0.3 is 0 Å². The molecule has 0 radical (unpaired) electrons. The van der Waals surface area contributed by atoms with Crippen LogP contribution >= 0.6 is 11.6 Å². The molecule has 0 amide bonds. The first kappa shape index (κ1) is 13.7. The van der Waals surface area contributed by atoms with Gasteiger partial charge in [-0.15, -0.1) is 0 Å². The molecule has 5 nitrogen and oxygen atoms in total. The predicted octanol–water partition coefficient (Wildman–Crippen LogP) is 2.79. The molecule has 0 aromatic carbocycles. The van der Waals surface area contributed by atoms with Crippen LogP contribution in [0.4, 0.5) is 5.82 Å². The lowest BCUT2D eigenvalue weighted by Gasteiger charge is -2.10. The molecule has 0 bridgehead atoms. The second-order valence-corrected chi connectivity index (χ2v) is 4.60. The molecule has 0 unspecified atom stereocenters. The van der Waals surface area contributed by atoms with Gasteiger partial charge in [0.15, 0.2) is 0 Å². The van der Waals surface area contributed by atoms with Gasteiger partial charge in [0, 0.05) is 11.8 Å². The highest BCUT2D eigenvalue weighted by Crippen LogP contribution is 2.21. The number of hydrogen-bond donors (Lipinski definition) is 1. The van der Waals surface area contributed by atoms with E-state index in [2.05, 4.69) is 32.2 Å². The Kier molecular flexibility index (Phi) is 4.63. The monoisotopic (exact) mass is 277 g/mol. The summed E-state index contributed by atoms with van der Waals surface area (Å²) in [5, 5.41) is 3.75. The van der Waals surface area contributed by atoms with Gasteiger partial charge in [0.1, 0.15) is 17.3 Å². The third kappa shape index (κ3) is 3.61. The smallest absolute Gasteiger partial charge is 0.137 e. The summed E-state index contributed by atoms with van der Waals surface area (Å²) in [7, 11) is 0. The Morgan fingerprint density at radius 2 is 2.00 bits per heavy atom. The van der Waals surface area contributed by atoms with E-state index in [1.165, 1.54) is 6.33 Å². The van der Waals surface area contributed by atoms with Gasteiger partial charge in [-0.3, -0.25) is 9.97 Å². The van der Waals surface area contributed by atoms with Crippen molar-refractivity contribution >= 4 is 17.4 Å². The van der Waals surface area contributed by atoms with Crippen LogP contribution in [0, 0.1) is 6.92 Å². The summed E-state index contributed by atoms with van der Waals surface area (Å²) in [6, 6.07) is 0. The second-order valence-electron chi connectivity index (χ2n) is 4.24. The minimum Gasteiger partial charge on any atom is -0.364 e. The fourth-order valence-corrected chi connectivity index (χ4v) is 1.93. The lowest BCUT2D eigenvalue weighted by Crippen LogP contribution is -2.07. The van der Waals surface area contributed by atoms with Crippen molar-refractivity contribution in [3.8, 4) is 0 Å². The minimum atomic E-state index is 0.509. The molecule has 0 aliphatic carbocycles. The fourth-order valence-electron chi connectivity index (χ4n) is 1.70. The number of nitrogens with zero attached hydrogens (tertiary/aromatic N) is 4. The fraction of sp³-hybridized carbons (Fsp3) is 0.385. The first-order chi connectivity index (χ1) is 9.20. The van der Waals surface area contributed by atoms with Crippen LogP contribution in [0.1, 0.15) is 30.3 Å². The third-order valence-corrected chi connectivity index (χ3v) is 2.99. The van der Waals surface area contributed by atoms with Gasteiger partial charge in [-0.05, 0) is 13.3 Å². The molecule has 2 rings (SSSR count). The lowest BCUT2D eigenvalue weighted by molar-refractivity contribution is 0.892. The zero-order valence-electron chi connectivity index (χ0n) is 11.0. The van der Waals surface area contributed by atoms with Crippen LogP contribution in [0.15, 0.2) is 18.7 Å². The number of halogens is 1. The summed E-state index contributed by atoms with van der Waals surface area (Å²) in [5.74, 6) is 0.768. The summed E-state index contributed by atoms with van der Waals surface area (Å²) in [5.41, 5.74) is 2.72. The van der Waals surface area contributed by atoms with Crippen molar-refractivity contribution in [2.45, 2.75) is 33.2 Å². The molecule has 0 aliphatic rings. The second kappa shape index (κ2) is 6.43. The molecule has 19 heavy (non-hydrogen) atoms. The standard InChI is InChI=1S/C13H16ClN5/c1-3-4-11-12(14)18-8-19-13(11)17-7-10-6-15-9(2)5-16-10/h5-6,8H,3-4,7H2,1-2H3,(H,17,18,19). The van der Waals surface area contributed by atoms with Crippen molar-refractivity contribution in [2.24, 2.45) is 0 Å². The summed E-state index contributed by atoms with van der Waals surface area (Å²) >= 11 is 6.09. The molecule has 0 aliphatic heterocycles. The highest BCUT2D eigenvalue weighted by atomic mass is 35.5. The Labute approximate surface area is 117 Å². The molecule has 0 fully saturated rings. The number of rotatable bonds is 5. The van der Waals surface area contributed by atoms with Crippen molar-refractivity contribution in [1.29, 1.82) is 0 Å². The van der Waals surface area contributed by atoms with E-state index >= 15 is 0 Å². The van der Waals surface area contributed by atoms with Crippen molar-refractivity contribution in [3.63, 3.8) is 0 Å². The van der Waals surface area contributed by atoms with E-state index in [4.69, 9.17) is 11.6 Å². The number of nitrogens with one attached hydrogen (secondary N) is 1. The maximum absolute atomic E-state index is 6.09. The SMILES string of the molecule is CCCc1c(Cl)ncnc1NCc1cnc(C)cn1. The van der Waals surface area contributed by atoms with E-state index in [0.29, 0.717) is 11.7 Å². The van der Waals surface area contributed by atoms with Crippen LogP contribution in [-0.2, 0) is 13.0 Å². The first-order valence-electron chi connectivity index (χ1n) is 6.21. The van der Waals surface area contributed by atoms with Gasteiger partial charge in [0.2, 0.25) is 0 Å². The zero-order valence-corrected chi connectivity index (χ0v) is 11.8. The zero-order chi connectivity index (χ0) is 13.7. The maximum Gasteiger partial charge on any atom is 0.137 e. The van der Waals surface area contributed by atoms with Crippen molar-refractivity contribution in [3.05, 3.63) is 40.8 Å². The molecule has 2 aromatic heterocycles. The van der Waals surface area contributed by atoms with E-state index in [1.54, 1.807) is 12.4 Å². The Morgan fingerprint density at radius 1 is 1.16 bits per heavy atom. The van der Waals surface area contributed by atoms with E-state index in [9.17, 15) is 0 Å². The molecule has 0 saturated heterocycles. The van der Waals surface area contributed by atoms with Crippen molar-refractivity contribution in [1.82, 2.24) is 19.9 Å². The predicted molar refractivity (Wildman–Crippen MR) is 75.1 cm³/mol. The molecule has 0 spiro atoms. The molecule has 0 atom stereocenters. The van der Waals surface area contributed by atoms with E-state index < -0.39 is 0 Å². The minimum absolute atomic E-state index is 0.509. The maximum atomic E-state index is 6.09. The Hall–Kier alpha value is -1.75. The highest BCUT2D eigenvalue weighted by Gasteiger charge is 2.08. The van der Waals surface area contributed by atoms with Gasteiger partial charge in [-0.2, -0.15) is 0 Å². The molecule has 0 saturated carbocycles. The quantitative estimate of drug-likeness (QED) is 0.852.